The van der Waals surface area contributed by atoms with E-state index in [2.05, 4.69) is 20.4 Å². The van der Waals surface area contributed by atoms with Gasteiger partial charge in [0, 0.05) is 12.6 Å². The SMILES string of the molecule is CCCC(O)c1nc(Oc2c(C)cc(-c3nnn(C)n3)cc2C)cn1C. The van der Waals surface area contributed by atoms with Gasteiger partial charge < -0.3 is 14.4 Å². The van der Waals surface area contributed by atoms with E-state index in [1.807, 2.05) is 40.0 Å². The highest BCUT2D eigenvalue weighted by Crippen LogP contribution is 2.32. The lowest BCUT2D eigenvalue weighted by Crippen LogP contribution is -2.04. The van der Waals surface area contributed by atoms with Crippen molar-refractivity contribution in [2.45, 2.75) is 39.7 Å². The molecule has 0 amide bonds. The molecule has 0 spiro atoms. The molecule has 1 unspecified atom stereocenters. The normalized spacial score (nSPS) is 12.4. The summed E-state index contributed by atoms with van der Waals surface area (Å²) < 4.78 is 7.82. The van der Waals surface area contributed by atoms with Crippen LogP contribution in [0.25, 0.3) is 11.4 Å². The molecule has 0 radical (unpaired) electrons. The molecule has 0 aliphatic heterocycles. The zero-order valence-electron chi connectivity index (χ0n) is 15.8. The van der Waals surface area contributed by atoms with Crippen molar-refractivity contribution in [1.29, 1.82) is 0 Å². The summed E-state index contributed by atoms with van der Waals surface area (Å²) in [6.45, 7) is 5.97. The molecule has 8 nitrogen and oxygen atoms in total. The van der Waals surface area contributed by atoms with Crippen LogP contribution >= 0.6 is 0 Å². The molecule has 1 atom stereocenters. The Morgan fingerprint density at radius 3 is 2.46 bits per heavy atom. The number of aromatic nitrogens is 6. The zero-order valence-corrected chi connectivity index (χ0v) is 15.8. The highest BCUT2D eigenvalue weighted by molar-refractivity contribution is 5.61. The number of hydrogen-bond donors (Lipinski definition) is 1. The Morgan fingerprint density at radius 1 is 1.19 bits per heavy atom. The number of nitrogens with zero attached hydrogens (tertiary/aromatic N) is 6. The topological polar surface area (TPSA) is 90.9 Å². The number of aliphatic hydroxyl groups is 1. The van der Waals surface area contributed by atoms with Gasteiger partial charge in [-0.1, -0.05) is 13.3 Å². The summed E-state index contributed by atoms with van der Waals surface area (Å²) in [6.07, 6.45) is 2.75. The van der Waals surface area contributed by atoms with Gasteiger partial charge >= 0.3 is 0 Å². The lowest BCUT2D eigenvalue weighted by molar-refractivity contribution is 0.153. The fourth-order valence-corrected chi connectivity index (χ4v) is 2.96. The molecule has 26 heavy (non-hydrogen) atoms. The van der Waals surface area contributed by atoms with E-state index in [4.69, 9.17) is 4.74 Å². The summed E-state index contributed by atoms with van der Waals surface area (Å²) in [7, 11) is 3.59. The van der Waals surface area contributed by atoms with Crippen molar-refractivity contribution in [3.63, 3.8) is 0 Å². The van der Waals surface area contributed by atoms with E-state index in [1.165, 1.54) is 4.80 Å². The average Bonchev–Trinajstić information content (AvgIpc) is 3.17. The number of rotatable bonds is 6. The third-order valence-electron chi connectivity index (χ3n) is 4.18. The van der Waals surface area contributed by atoms with E-state index in [9.17, 15) is 5.11 Å². The van der Waals surface area contributed by atoms with E-state index in [0.717, 1.165) is 28.9 Å². The Hall–Kier alpha value is -2.74. The number of ether oxygens (including phenoxy) is 1. The van der Waals surface area contributed by atoms with E-state index in [0.29, 0.717) is 23.9 Å². The third-order valence-corrected chi connectivity index (χ3v) is 4.18. The van der Waals surface area contributed by atoms with Gasteiger partial charge in [-0.2, -0.15) is 9.78 Å². The smallest absolute Gasteiger partial charge is 0.237 e. The second-order valence-electron chi connectivity index (χ2n) is 6.50. The van der Waals surface area contributed by atoms with Gasteiger partial charge in [0.2, 0.25) is 11.7 Å². The van der Waals surface area contributed by atoms with Gasteiger partial charge in [0.15, 0.2) is 0 Å². The third kappa shape index (κ3) is 3.60. The highest BCUT2D eigenvalue weighted by atomic mass is 16.5. The van der Waals surface area contributed by atoms with Gasteiger partial charge in [0.05, 0.1) is 13.2 Å². The molecule has 0 saturated heterocycles. The van der Waals surface area contributed by atoms with E-state index >= 15 is 0 Å². The molecule has 0 saturated carbocycles. The number of imidazole rings is 1. The predicted molar refractivity (Wildman–Crippen MR) is 96.9 cm³/mol. The van der Waals surface area contributed by atoms with Crippen molar-refractivity contribution in [3.05, 3.63) is 35.3 Å². The first-order valence-corrected chi connectivity index (χ1v) is 8.63. The fourth-order valence-electron chi connectivity index (χ4n) is 2.96. The van der Waals surface area contributed by atoms with Crippen molar-refractivity contribution in [3.8, 4) is 23.0 Å². The zero-order chi connectivity index (χ0) is 18.8. The van der Waals surface area contributed by atoms with Crippen molar-refractivity contribution < 1.29 is 9.84 Å². The van der Waals surface area contributed by atoms with E-state index < -0.39 is 6.10 Å². The Morgan fingerprint density at radius 2 is 1.88 bits per heavy atom. The standard InChI is InChI=1S/C18H24N6O2/c1-6-7-14(25)18-19-15(10-23(18)4)26-16-11(2)8-13(9-12(16)3)17-20-22-24(5)21-17/h8-10,14,25H,6-7H2,1-5H3. The molecule has 0 fully saturated rings. The van der Waals surface area contributed by atoms with Crippen LogP contribution < -0.4 is 4.74 Å². The minimum absolute atomic E-state index is 0.467. The summed E-state index contributed by atoms with van der Waals surface area (Å²) in [6, 6.07) is 3.93. The van der Waals surface area contributed by atoms with E-state index in [1.54, 1.807) is 17.8 Å². The molecule has 2 aromatic heterocycles. The summed E-state index contributed by atoms with van der Waals surface area (Å²) in [5.41, 5.74) is 2.79. The lowest BCUT2D eigenvalue weighted by atomic mass is 10.1. The average molecular weight is 356 g/mol. The van der Waals surface area contributed by atoms with Crippen molar-refractivity contribution >= 4 is 0 Å². The molecule has 1 N–H and O–H groups in total. The number of tetrazole rings is 1. The van der Waals surface area contributed by atoms with Gasteiger partial charge in [-0.15, -0.1) is 10.2 Å². The lowest BCUT2D eigenvalue weighted by Gasteiger charge is -2.11. The Kier molecular flexibility index (Phi) is 5.03. The molecule has 8 heteroatoms. The van der Waals surface area contributed by atoms with Crippen LogP contribution in [-0.2, 0) is 14.1 Å². The maximum absolute atomic E-state index is 10.2. The molecule has 0 bridgehead atoms. The number of benzene rings is 1. The van der Waals surface area contributed by atoms with Crippen LogP contribution in [0.2, 0.25) is 0 Å². The van der Waals surface area contributed by atoms with Crippen molar-refractivity contribution in [1.82, 2.24) is 29.8 Å². The van der Waals surface area contributed by atoms with Crippen LogP contribution in [0, 0.1) is 13.8 Å². The van der Waals surface area contributed by atoms with Crippen molar-refractivity contribution in [2.75, 3.05) is 0 Å². The van der Waals surface area contributed by atoms with Crippen LogP contribution in [0.4, 0.5) is 0 Å². The second-order valence-corrected chi connectivity index (χ2v) is 6.50. The minimum atomic E-state index is -0.588. The van der Waals surface area contributed by atoms with Crippen LogP contribution in [0.15, 0.2) is 18.3 Å². The van der Waals surface area contributed by atoms with Crippen LogP contribution in [0.3, 0.4) is 0 Å². The molecule has 1 aromatic carbocycles. The van der Waals surface area contributed by atoms with Crippen LogP contribution in [0.5, 0.6) is 11.6 Å². The molecule has 3 rings (SSSR count). The van der Waals surface area contributed by atoms with E-state index in [-0.39, 0.29) is 0 Å². The summed E-state index contributed by atoms with van der Waals surface area (Å²) in [4.78, 5) is 5.87. The van der Waals surface area contributed by atoms with Gasteiger partial charge in [-0.25, -0.2) is 0 Å². The molecule has 2 heterocycles. The minimum Gasteiger partial charge on any atom is -0.437 e. The Labute approximate surface area is 152 Å². The molecular weight excluding hydrogens is 332 g/mol. The quantitative estimate of drug-likeness (QED) is 0.730. The number of aliphatic hydroxyl groups excluding tert-OH is 1. The first kappa shape index (κ1) is 18.1. The van der Waals surface area contributed by atoms with Crippen LogP contribution in [-0.4, -0.2) is 34.9 Å². The first-order valence-electron chi connectivity index (χ1n) is 8.63. The second kappa shape index (κ2) is 7.25. The first-order chi connectivity index (χ1) is 12.4. The van der Waals surface area contributed by atoms with Gasteiger partial charge in [-0.05, 0) is 48.7 Å². The Balaban J connectivity index is 1.88. The predicted octanol–water partition coefficient (Wildman–Crippen LogP) is 2.85. The summed E-state index contributed by atoms with van der Waals surface area (Å²) in [5.74, 6) is 2.40. The maximum atomic E-state index is 10.2. The monoisotopic (exact) mass is 356 g/mol. The fraction of sp³-hybridized carbons (Fsp3) is 0.444. The van der Waals surface area contributed by atoms with Crippen molar-refractivity contribution in [2.24, 2.45) is 14.1 Å². The van der Waals surface area contributed by atoms with Gasteiger partial charge in [-0.3, -0.25) is 0 Å². The summed E-state index contributed by atoms with van der Waals surface area (Å²) >= 11 is 0. The van der Waals surface area contributed by atoms with Gasteiger partial charge in [0.25, 0.3) is 0 Å². The molecule has 138 valence electrons. The molecular formula is C18H24N6O2. The molecule has 0 aliphatic rings. The molecule has 3 aromatic rings. The van der Waals surface area contributed by atoms with Gasteiger partial charge in [0.1, 0.15) is 17.7 Å². The highest BCUT2D eigenvalue weighted by Gasteiger charge is 2.17. The number of hydrogen-bond acceptors (Lipinski definition) is 6. The largest absolute Gasteiger partial charge is 0.437 e. The maximum Gasteiger partial charge on any atom is 0.237 e. The molecule has 0 aliphatic carbocycles. The Bertz CT molecular complexity index is 891. The number of aryl methyl sites for hydroxylation is 4. The summed E-state index contributed by atoms with van der Waals surface area (Å²) in [5, 5.41) is 22.4. The van der Waals surface area contributed by atoms with Crippen LogP contribution in [0.1, 0.15) is 42.8 Å².